The Bertz CT molecular complexity index is 585. The summed E-state index contributed by atoms with van der Waals surface area (Å²) in [5.74, 6) is 0.208. The van der Waals surface area contributed by atoms with E-state index < -0.39 is 10.2 Å². The second-order valence-electron chi connectivity index (χ2n) is 3.98. The van der Waals surface area contributed by atoms with Crippen LogP contribution in [0.25, 0.3) is 11.0 Å². The predicted octanol–water partition coefficient (Wildman–Crippen LogP) is 1.22. The molecule has 0 atom stereocenters. The van der Waals surface area contributed by atoms with E-state index in [0.29, 0.717) is 0 Å². The first-order chi connectivity index (χ1) is 7.96. The third-order valence-corrected chi connectivity index (χ3v) is 3.26. The van der Waals surface area contributed by atoms with Crippen LogP contribution in [0, 0.1) is 0 Å². The molecule has 1 heterocycles. The maximum Gasteiger partial charge on any atom is 0.301 e. The van der Waals surface area contributed by atoms with E-state index in [9.17, 15) is 8.42 Å². The topological polar surface area (TPSA) is 86.9 Å². The number of aromatic amines is 1. The fourth-order valence-corrected chi connectivity index (χ4v) is 2.50. The monoisotopic (exact) mass is 254 g/mol. The molecule has 0 spiro atoms. The van der Waals surface area contributed by atoms with Crippen LogP contribution in [0.4, 0.5) is 5.95 Å². The molecule has 0 radical (unpaired) electrons. The number of hydrogen-bond donors (Lipinski definition) is 3. The molecule has 17 heavy (non-hydrogen) atoms. The van der Waals surface area contributed by atoms with Gasteiger partial charge in [-0.3, -0.25) is 0 Å². The predicted molar refractivity (Wildman–Crippen MR) is 66.9 cm³/mol. The van der Waals surface area contributed by atoms with Gasteiger partial charge < -0.3 is 4.98 Å². The molecular weight excluding hydrogens is 240 g/mol. The number of anilines is 1. The van der Waals surface area contributed by atoms with E-state index in [4.69, 9.17) is 0 Å². The zero-order chi connectivity index (χ0) is 12.5. The second kappa shape index (κ2) is 4.34. The summed E-state index contributed by atoms with van der Waals surface area (Å²) >= 11 is 0. The van der Waals surface area contributed by atoms with Gasteiger partial charge in [-0.05, 0) is 26.0 Å². The third-order valence-electron chi connectivity index (χ3n) is 2.01. The van der Waals surface area contributed by atoms with Gasteiger partial charge in [-0.25, -0.2) is 9.71 Å². The highest BCUT2D eigenvalue weighted by atomic mass is 32.2. The Kier molecular flexibility index (Phi) is 3.03. The van der Waals surface area contributed by atoms with Gasteiger partial charge in [0, 0.05) is 6.04 Å². The highest BCUT2D eigenvalue weighted by Gasteiger charge is 2.13. The molecule has 0 unspecified atom stereocenters. The Morgan fingerprint density at radius 1 is 1.29 bits per heavy atom. The first kappa shape index (κ1) is 11.9. The van der Waals surface area contributed by atoms with Gasteiger partial charge in [-0.2, -0.15) is 13.1 Å². The molecular formula is C10H14N4O2S. The van der Waals surface area contributed by atoms with Gasteiger partial charge in [0.1, 0.15) is 0 Å². The lowest BCUT2D eigenvalue weighted by atomic mass is 10.3. The molecule has 0 saturated heterocycles. The van der Waals surface area contributed by atoms with Crippen molar-refractivity contribution in [1.29, 1.82) is 0 Å². The zero-order valence-electron chi connectivity index (χ0n) is 9.56. The van der Waals surface area contributed by atoms with E-state index in [0.717, 1.165) is 11.0 Å². The quantitative estimate of drug-likeness (QED) is 0.766. The van der Waals surface area contributed by atoms with E-state index in [1.54, 1.807) is 19.9 Å². The van der Waals surface area contributed by atoms with E-state index in [1.165, 1.54) is 0 Å². The SMILES string of the molecule is CC(C)NS(=O)(=O)Nc1nc2ccccc2[nH]1. The summed E-state index contributed by atoms with van der Waals surface area (Å²) in [5.41, 5.74) is 1.50. The lowest BCUT2D eigenvalue weighted by Crippen LogP contribution is -2.35. The van der Waals surface area contributed by atoms with Crippen LogP contribution in [0.2, 0.25) is 0 Å². The number of imidazole rings is 1. The van der Waals surface area contributed by atoms with Gasteiger partial charge in [0.15, 0.2) is 0 Å². The standard InChI is InChI=1S/C10H14N4O2S/c1-7(2)13-17(15,16)14-10-11-8-5-3-4-6-9(8)12-10/h3-7,13H,1-2H3,(H2,11,12,14). The number of H-pyrrole nitrogens is 1. The summed E-state index contributed by atoms with van der Waals surface area (Å²) in [4.78, 5) is 7.00. The van der Waals surface area contributed by atoms with Crippen molar-refractivity contribution in [3.63, 3.8) is 0 Å². The number of para-hydroxylation sites is 2. The molecule has 2 aromatic rings. The molecule has 0 aliphatic heterocycles. The molecule has 0 aliphatic rings. The van der Waals surface area contributed by atoms with Gasteiger partial charge >= 0.3 is 10.2 Å². The molecule has 6 nitrogen and oxygen atoms in total. The first-order valence-corrected chi connectivity index (χ1v) is 6.69. The van der Waals surface area contributed by atoms with Crippen LogP contribution in [0.3, 0.4) is 0 Å². The largest absolute Gasteiger partial charge is 0.323 e. The molecule has 0 aliphatic carbocycles. The van der Waals surface area contributed by atoms with Crippen LogP contribution in [-0.4, -0.2) is 24.4 Å². The molecule has 1 aromatic carbocycles. The van der Waals surface area contributed by atoms with Gasteiger partial charge in [0.05, 0.1) is 11.0 Å². The van der Waals surface area contributed by atoms with E-state index >= 15 is 0 Å². The van der Waals surface area contributed by atoms with Crippen LogP contribution in [0.1, 0.15) is 13.8 Å². The maximum absolute atomic E-state index is 11.6. The minimum Gasteiger partial charge on any atom is -0.323 e. The number of nitrogens with one attached hydrogen (secondary N) is 3. The molecule has 0 bridgehead atoms. The van der Waals surface area contributed by atoms with Crippen molar-refractivity contribution in [2.75, 3.05) is 4.72 Å². The number of hydrogen-bond acceptors (Lipinski definition) is 3. The van der Waals surface area contributed by atoms with Crippen LogP contribution in [0.5, 0.6) is 0 Å². The summed E-state index contributed by atoms with van der Waals surface area (Å²) in [6, 6.07) is 7.16. The van der Waals surface area contributed by atoms with Gasteiger partial charge in [0.2, 0.25) is 5.95 Å². The lowest BCUT2D eigenvalue weighted by molar-refractivity contribution is 0.575. The smallest absolute Gasteiger partial charge is 0.301 e. The molecule has 0 fully saturated rings. The Balaban J connectivity index is 2.24. The van der Waals surface area contributed by atoms with Crippen LogP contribution in [0.15, 0.2) is 24.3 Å². The fraction of sp³-hybridized carbons (Fsp3) is 0.300. The van der Waals surface area contributed by atoms with Crippen molar-refractivity contribution in [2.24, 2.45) is 0 Å². The Labute approximate surface area is 99.6 Å². The molecule has 1 aromatic heterocycles. The molecule has 7 heteroatoms. The highest BCUT2D eigenvalue weighted by molar-refractivity contribution is 7.90. The van der Waals surface area contributed by atoms with Crippen molar-refractivity contribution >= 4 is 27.2 Å². The van der Waals surface area contributed by atoms with Crippen LogP contribution >= 0.6 is 0 Å². The Hall–Kier alpha value is -1.60. The Morgan fingerprint density at radius 3 is 2.65 bits per heavy atom. The normalized spacial score (nSPS) is 12.2. The zero-order valence-corrected chi connectivity index (χ0v) is 10.4. The van der Waals surface area contributed by atoms with Gasteiger partial charge in [-0.1, -0.05) is 12.1 Å². The number of aromatic nitrogens is 2. The average molecular weight is 254 g/mol. The molecule has 3 N–H and O–H groups in total. The van der Waals surface area contributed by atoms with Crippen molar-refractivity contribution < 1.29 is 8.42 Å². The van der Waals surface area contributed by atoms with Crippen molar-refractivity contribution in [2.45, 2.75) is 19.9 Å². The average Bonchev–Trinajstić information content (AvgIpc) is 2.55. The van der Waals surface area contributed by atoms with E-state index in [1.807, 2.05) is 18.2 Å². The van der Waals surface area contributed by atoms with Crippen molar-refractivity contribution in [1.82, 2.24) is 14.7 Å². The summed E-state index contributed by atoms with van der Waals surface area (Å²) in [7, 11) is -3.58. The Morgan fingerprint density at radius 2 is 2.00 bits per heavy atom. The summed E-state index contributed by atoms with van der Waals surface area (Å²) in [6.07, 6.45) is 0. The summed E-state index contributed by atoms with van der Waals surface area (Å²) in [5, 5.41) is 0. The summed E-state index contributed by atoms with van der Waals surface area (Å²) < 4.78 is 28.0. The lowest BCUT2D eigenvalue weighted by Gasteiger charge is -2.09. The first-order valence-electron chi connectivity index (χ1n) is 5.21. The molecule has 0 saturated carbocycles. The number of rotatable bonds is 4. The van der Waals surface area contributed by atoms with E-state index in [-0.39, 0.29) is 12.0 Å². The van der Waals surface area contributed by atoms with Crippen molar-refractivity contribution in [3.8, 4) is 0 Å². The second-order valence-corrected chi connectivity index (χ2v) is 5.43. The summed E-state index contributed by atoms with van der Waals surface area (Å²) in [6.45, 7) is 3.50. The van der Waals surface area contributed by atoms with Gasteiger partial charge in [0.25, 0.3) is 0 Å². The minimum atomic E-state index is -3.58. The minimum absolute atomic E-state index is 0.170. The number of nitrogens with zero attached hydrogens (tertiary/aromatic N) is 1. The van der Waals surface area contributed by atoms with Crippen LogP contribution in [-0.2, 0) is 10.2 Å². The van der Waals surface area contributed by atoms with Crippen LogP contribution < -0.4 is 9.44 Å². The number of benzene rings is 1. The van der Waals surface area contributed by atoms with Gasteiger partial charge in [-0.15, -0.1) is 0 Å². The fourth-order valence-electron chi connectivity index (χ4n) is 1.47. The highest BCUT2D eigenvalue weighted by Crippen LogP contribution is 2.13. The molecule has 92 valence electrons. The maximum atomic E-state index is 11.6. The third kappa shape index (κ3) is 2.95. The molecule has 0 amide bonds. The van der Waals surface area contributed by atoms with E-state index in [2.05, 4.69) is 19.4 Å². The van der Waals surface area contributed by atoms with Crippen molar-refractivity contribution in [3.05, 3.63) is 24.3 Å². The number of fused-ring (bicyclic) bond motifs is 1. The molecule has 2 rings (SSSR count).